The van der Waals surface area contributed by atoms with Crippen LogP contribution in [-0.2, 0) is 32.7 Å². The van der Waals surface area contributed by atoms with E-state index in [4.69, 9.17) is 0 Å². The van der Waals surface area contributed by atoms with Crippen LogP contribution in [0, 0.1) is 21.3 Å². The van der Waals surface area contributed by atoms with Crippen molar-refractivity contribution in [3.63, 3.8) is 0 Å². The molecule has 0 fully saturated rings. The van der Waals surface area contributed by atoms with E-state index in [1.165, 1.54) is 0 Å². The van der Waals surface area contributed by atoms with Gasteiger partial charge in [0.15, 0.2) is 0 Å². The van der Waals surface area contributed by atoms with E-state index in [2.05, 4.69) is 32.6 Å². The molecule has 0 saturated heterocycles. The van der Waals surface area contributed by atoms with Crippen LogP contribution in [0.1, 0.15) is 27.7 Å². The van der Waals surface area contributed by atoms with Gasteiger partial charge in [0.05, 0.1) is 0 Å². The molecular formula is C10H24NY. The van der Waals surface area contributed by atoms with Gasteiger partial charge in [-0.1, -0.05) is 27.7 Å². The van der Waals surface area contributed by atoms with Crippen LogP contribution in [0.25, 0.3) is 0 Å². The Morgan fingerprint density at radius 2 is 1.33 bits per heavy atom. The normalized spacial score (nSPS) is 8.00. The third-order valence-electron chi connectivity index (χ3n) is 1.30. The van der Waals surface area contributed by atoms with Gasteiger partial charge in [-0.25, -0.2) is 0 Å². The SMILES string of the molecule is CC.[CH2-]CN(C[CH2-])C(C)C.[CH3-].[Y+3]. The van der Waals surface area contributed by atoms with Crippen LogP contribution in [0.2, 0.25) is 0 Å². The van der Waals surface area contributed by atoms with Crippen molar-refractivity contribution in [2.24, 2.45) is 0 Å². The fraction of sp³-hybridized carbons (Fsp3) is 0.700. The van der Waals surface area contributed by atoms with E-state index in [-0.39, 0.29) is 40.1 Å². The second-order valence-electron chi connectivity index (χ2n) is 2.13. The zero-order valence-electron chi connectivity index (χ0n) is 9.43. The topological polar surface area (TPSA) is 3.24 Å². The maximum absolute atomic E-state index is 3.76. The smallest absolute Gasteiger partial charge is 0.360 e. The van der Waals surface area contributed by atoms with Gasteiger partial charge in [0.25, 0.3) is 0 Å². The second kappa shape index (κ2) is 18.0. The Morgan fingerprint density at radius 3 is 1.33 bits per heavy atom. The van der Waals surface area contributed by atoms with Crippen molar-refractivity contribution in [1.82, 2.24) is 4.90 Å². The summed E-state index contributed by atoms with van der Waals surface area (Å²) in [6.07, 6.45) is 0. The Labute approximate surface area is 105 Å². The van der Waals surface area contributed by atoms with E-state index >= 15 is 0 Å². The molecule has 0 aromatic rings. The van der Waals surface area contributed by atoms with Crippen molar-refractivity contribution >= 4 is 0 Å². The van der Waals surface area contributed by atoms with Crippen molar-refractivity contribution in [3.05, 3.63) is 21.3 Å². The van der Waals surface area contributed by atoms with Crippen molar-refractivity contribution < 1.29 is 32.7 Å². The summed E-state index contributed by atoms with van der Waals surface area (Å²) in [4.78, 5) is 2.19. The molecule has 2 heteroatoms. The Kier molecular flexibility index (Phi) is 34.7. The largest absolute Gasteiger partial charge is 3.00 e. The van der Waals surface area contributed by atoms with Crippen molar-refractivity contribution in [3.8, 4) is 0 Å². The maximum Gasteiger partial charge on any atom is 3.00 e. The van der Waals surface area contributed by atoms with Crippen LogP contribution in [-0.4, -0.2) is 24.0 Å². The summed E-state index contributed by atoms with van der Waals surface area (Å²) in [7, 11) is 0. The van der Waals surface area contributed by atoms with Crippen LogP contribution >= 0.6 is 0 Å². The molecular weight excluding hydrogens is 223 g/mol. The fourth-order valence-corrected chi connectivity index (χ4v) is 0.628. The van der Waals surface area contributed by atoms with E-state index in [1.54, 1.807) is 0 Å². The minimum Gasteiger partial charge on any atom is -0.360 e. The zero-order chi connectivity index (χ0) is 8.57. The second-order valence-corrected chi connectivity index (χ2v) is 2.13. The van der Waals surface area contributed by atoms with Crippen LogP contribution in [0.3, 0.4) is 0 Å². The molecule has 0 aliphatic rings. The molecule has 0 heterocycles. The molecule has 0 aromatic heterocycles. The average molecular weight is 247 g/mol. The van der Waals surface area contributed by atoms with Crippen LogP contribution < -0.4 is 0 Å². The summed E-state index contributed by atoms with van der Waals surface area (Å²) in [6, 6.07) is 0.588. The molecule has 0 rings (SSSR count). The molecule has 72 valence electrons. The van der Waals surface area contributed by atoms with Gasteiger partial charge in [-0.05, 0) is 6.04 Å². The molecule has 0 aliphatic heterocycles. The molecule has 0 saturated carbocycles. The van der Waals surface area contributed by atoms with Gasteiger partial charge >= 0.3 is 32.7 Å². The van der Waals surface area contributed by atoms with Gasteiger partial charge in [0.2, 0.25) is 0 Å². The van der Waals surface area contributed by atoms with Gasteiger partial charge < -0.3 is 26.2 Å². The first-order chi connectivity index (χ1) is 4.72. The minimum atomic E-state index is 0. The number of hydrogen-bond acceptors (Lipinski definition) is 1. The van der Waals surface area contributed by atoms with E-state index in [9.17, 15) is 0 Å². The predicted molar refractivity (Wildman–Crippen MR) is 55.2 cm³/mol. The van der Waals surface area contributed by atoms with Crippen LogP contribution in [0.4, 0.5) is 0 Å². The Morgan fingerprint density at radius 1 is 1.08 bits per heavy atom. The molecule has 12 heavy (non-hydrogen) atoms. The molecule has 0 unspecified atom stereocenters. The van der Waals surface area contributed by atoms with Gasteiger partial charge in [0.1, 0.15) is 0 Å². The molecule has 0 aliphatic carbocycles. The first-order valence-electron chi connectivity index (χ1n) is 4.05. The van der Waals surface area contributed by atoms with E-state index < -0.39 is 0 Å². The summed E-state index contributed by atoms with van der Waals surface area (Å²) in [5.41, 5.74) is 0. The monoisotopic (exact) mass is 247 g/mol. The quantitative estimate of drug-likeness (QED) is 0.693. The molecule has 0 aromatic carbocycles. The molecule has 1 nitrogen and oxygen atoms in total. The maximum atomic E-state index is 3.76. The molecule has 0 radical (unpaired) electrons. The Balaban J connectivity index is -0.0000000740. The van der Waals surface area contributed by atoms with Crippen LogP contribution in [0.5, 0.6) is 0 Å². The van der Waals surface area contributed by atoms with Gasteiger partial charge in [0, 0.05) is 0 Å². The number of nitrogens with zero attached hydrogens (tertiary/aromatic N) is 1. The van der Waals surface area contributed by atoms with Gasteiger partial charge in [-0.3, -0.25) is 0 Å². The molecule has 0 N–H and O–H groups in total. The Bertz CT molecular complexity index is 51.8. The molecule has 0 spiro atoms. The molecule has 0 bridgehead atoms. The van der Waals surface area contributed by atoms with E-state index in [1.807, 2.05) is 13.8 Å². The summed E-state index contributed by atoms with van der Waals surface area (Å²) in [5, 5.41) is 0. The third kappa shape index (κ3) is 13.6. The minimum absolute atomic E-state index is 0. The first kappa shape index (κ1) is 23.1. The Hall–Kier alpha value is 1.06. The van der Waals surface area contributed by atoms with Gasteiger partial charge in [-0.2, -0.15) is 0 Å². The summed E-state index contributed by atoms with van der Waals surface area (Å²) < 4.78 is 0. The standard InChI is InChI=1S/C7H15N.C2H6.CH3.Y/c1-5-8(6-2)7(3)4;1-2;;/h7H,1-2,5-6H2,3-4H3;1-2H3;1H3;/q-2;;-1;+3. The third-order valence-corrected chi connectivity index (χ3v) is 1.30. The van der Waals surface area contributed by atoms with Crippen LogP contribution in [0.15, 0.2) is 0 Å². The molecule has 0 atom stereocenters. The number of hydrogen-bond donors (Lipinski definition) is 0. The summed E-state index contributed by atoms with van der Waals surface area (Å²) in [6.45, 7) is 17.6. The predicted octanol–water partition coefficient (Wildman–Crippen LogP) is 2.84. The first-order valence-corrected chi connectivity index (χ1v) is 4.05. The zero-order valence-corrected chi connectivity index (χ0v) is 12.3. The van der Waals surface area contributed by atoms with Gasteiger partial charge in [-0.15, -0.1) is 13.1 Å². The fourth-order valence-electron chi connectivity index (χ4n) is 0.628. The summed E-state index contributed by atoms with van der Waals surface area (Å²) in [5.74, 6) is 0. The summed E-state index contributed by atoms with van der Waals surface area (Å²) >= 11 is 0. The molecule has 0 amide bonds. The average Bonchev–Trinajstić information content (AvgIpc) is 1.94. The van der Waals surface area contributed by atoms with Crippen molar-refractivity contribution in [2.45, 2.75) is 33.7 Å². The number of rotatable bonds is 3. The van der Waals surface area contributed by atoms with E-state index in [0.717, 1.165) is 13.1 Å². The van der Waals surface area contributed by atoms with Crippen molar-refractivity contribution in [1.29, 1.82) is 0 Å². The van der Waals surface area contributed by atoms with E-state index in [0.29, 0.717) is 6.04 Å². The van der Waals surface area contributed by atoms with Crippen molar-refractivity contribution in [2.75, 3.05) is 13.1 Å².